The van der Waals surface area contributed by atoms with E-state index in [-0.39, 0.29) is 10.8 Å². The monoisotopic (exact) mass is 985 g/mol. The number of aromatic nitrogens is 3. The van der Waals surface area contributed by atoms with E-state index in [9.17, 15) is 0 Å². The van der Waals surface area contributed by atoms with Crippen LogP contribution in [0.5, 0.6) is 0 Å². The number of hydrogen-bond acceptors (Lipinski definition) is 4. The van der Waals surface area contributed by atoms with Gasteiger partial charge in [0.15, 0.2) is 0 Å². The minimum atomic E-state index is -0.520. The Kier molecular flexibility index (Phi) is 8.59. The van der Waals surface area contributed by atoms with Gasteiger partial charge in [0, 0.05) is 10.8 Å². The molecule has 0 saturated heterocycles. The molecular weight excluding hydrogens is 928 g/mol. The number of benzene rings is 6. The Balaban J connectivity index is 0.905. The molecule has 8 fully saturated rings. The van der Waals surface area contributed by atoms with Gasteiger partial charge in [-0.05, 0) is 113 Å². The summed E-state index contributed by atoms with van der Waals surface area (Å²) in [6, 6.07) is 51.1. The molecule has 0 atom stereocenters. The molecule has 4 nitrogen and oxygen atoms in total. The van der Waals surface area contributed by atoms with Crippen molar-refractivity contribution in [3.63, 3.8) is 0 Å². The first-order chi connectivity index (χ1) is 32.8. The van der Waals surface area contributed by atoms with Crippen LogP contribution in [0.4, 0.5) is 17.1 Å². The maximum absolute atomic E-state index is 5.81. The van der Waals surface area contributed by atoms with Crippen molar-refractivity contribution >= 4 is 17.1 Å². The fourth-order valence-electron chi connectivity index (χ4n) is 17.1. The van der Waals surface area contributed by atoms with Crippen molar-refractivity contribution in [2.75, 3.05) is 4.90 Å². The van der Waals surface area contributed by atoms with Gasteiger partial charge < -0.3 is 0 Å². The summed E-state index contributed by atoms with van der Waals surface area (Å²) in [5.41, 5.74) is 15.3. The number of fused-ring (bicyclic) bond motifs is 5. The van der Waals surface area contributed by atoms with E-state index in [0.717, 1.165) is 41.3 Å². The minimum Gasteiger partial charge on any atom is -0.217 e. The maximum atomic E-state index is 5.81. The average Bonchev–Trinajstić information content (AvgIpc) is 3.72. The van der Waals surface area contributed by atoms with Crippen molar-refractivity contribution in [2.45, 2.75) is 107 Å². The van der Waals surface area contributed by atoms with Gasteiger partial charge in [0.05, 0.1) is 0 Å². The van der Waals surface area contributed by atoms with Crippen molar-refractivity contribution in [2.24, 2.45) is 35.5 Å². The fraction of sp³-hybridized carbons (Fsp3) is 0.371. The molecule has 0 amide bonds. The van der Waals surface area contributed by atoms with E-state index in [0.29, 0.717) is 0 Å². The number of aryl methyl sites for hydroxylation is 2. The number of rotatable bonds is 6. The second-order valence-electron chi connectivity index (χ2n) is 22.9. The van der Waals surface area contributed by atoms with Crippen LogP contribution in [0.2, 0.25) is 0 Å². The summed E-state index contributed by atoms with van der Waals surface area (Å²) in [4.78, 5) is 19.9. The molecule has 6 aromatic carbocycles. The van der Waals surface area contributed by atoms with E-state index < -0.39 is 26.6 Å². The molecular formula is C62H58IN4-. The summed E-state index contributed by atoms with van der Waals surface area (Å²) in [6.07, 6.45) is 16.2. The van der Waals surface area contributed by atoms with Crippen LogP contribution in [0.1, 0.15) is 122 Å². The van der Waals surface area contributed by atoms with E-state index >= 15 is 0 Å². The van der Waals surface area contributed by atoms with Crippen molar-refractivity contribution in [1.29, 1.82) is 0 Å². The predicted molar refractivity (Wildman–Crippen MR) is 264 cm³/mol. The molecule has 0 unspecified atom stereocenters. The van der Waals surface area contributed by atoms with Gasteiger partial charge in [0.1, 0.15) is 11.6 Å². The van der Waals surface area contributed by atoms with Crippen LogP contribution in [0.25, 0.3) is 22.5 Å². The SMILES string of the molecule is Cc1cc(N2c3ccccc3C(c3ccccc3)(c3cccc4c3[I-]c3ccccc3-4)c3ccccc32)cc(C)c1-c1nc(C23CC4CC(CC(C4)C2)C3)nc(C23CC4CC(CC(C4)C2)C3)n1. The van der Waals surface area contributed by atoms with Gasteiger partial charge in [-0.25, -0.2) is 4.98 Å². The van der Waals surface area contributed by atoms with E-state index in [2.05, 4.69) is 152 Å². The summed E-state index contributed by atoms with van der Waals surface area (Å²) < 4.78 is 3.06. The van der Waals surface area contributed by atoms with Gasteiger partial charge in [-0.15, -0.1) is 0 Å². The Labute approximate surface area is 406 Å². The summed E-state index contributed by atoms with van der Waals surface area (Å²) in [5.74, 6) is 8.32. The molecule has 0 N–H and O–H groups in total. The molecule has 8 saturated carbocycles. The summed E-state index contributed by atoms with van der Waals surface area (Å²) in [5, 5.41) is 0. The van der Waals surface area contributed by atoms with E-state index in [1.807, 2.05) is 0 Å². The minimum absolute atomic E-state index is 0.112. The van der Waals surface area contributed by atoms with Crippen molar-refractivity contribution in [3.8, 4) is 22.5 Å². The third kappa shape index (κ3) is 5.73. The van der Waals surface area contributed by atoms with E-state index in [4.69, 9.17) is 15.0 Å². The van der Waals surface area contributed by atoms with Crippen LogP contribution in [-0.4, -0.2) is 15.0 Å². The molecule has 0 spiro atoms. The van der Waals surface area contributed by atoms with Gasteiger partial charge in [-0.1, -0.05) is 0 Å². The molecule has 334 valence electrons. The Hall–Kier alpha value is -5.14. The first kappa shape index (κ1) is 39.8. The van der Waals surface area contributed by atoms with Gasteiger partial charge in [0.2, 0.25) is 0 Å². The zero-order chi connectivity index (χ0) is 44.2. The predicted octanol–water partition coefficient (Wildman–Crippen LogP) is 11.4. The number of hydrogen-bond donors (Lipinski definition) is 0. The fourth-order valence-corrected chi connectivity index (χ4v) is 20.5. The Morgan fingerprint density at radius 1 is 0.478 bits per heavy atom. The second kappa shape index (κ2) is 14.4. The standard InChI is InChI=1S/C62H58IN4/c1-37-23-46(24-38(2)55(37)57-64-58(60-31-39-25-40(32-60)27-41(26-39)33-60)66-59(65-57)61-34-42-28-43(35-61)30-44(29-42)36-61)67-53-21-10-7-17-49(53)62(45-13-4-3-5-14-45,50-18-8-11-22-54(50)67)51-19-12-16-48-47-15-6-9-20-52(47)63-56(48)51/h3-24,39-44H,25-36H2,1-2H3/q-1. The molecule has 5 heteroatoms. The number of halogens is 1. The van der Waals surface area contributed by atoms with E-state index in [1.165, 1.54) is 159 Å². The number of anilines is 3. The van der Waals surface area contributed by atoms with Crippen molar-refractivity contribution in [3.05, 3.63) is 186 Å². The molecule has 17 rings (SSSR count). The Bertz CT molecular complexity index is 2980. The van der Waals surface area contributed by atoms with E-state index in [1.54, 1.807) is 3.57 Å². The molecule has 8 aliphatic carbocycles. The molecule has 7 aromatic rings. The first-order valence-corrected chi connectivity index (χ1v) is 27.8. The van der Waals surface area contributed by atoms with Gasteiger partial charge in [-0.3, -0.25) is 0 Å². The van der Waals surface area contributed by atoms with Gasteiger partial charge >= 0.3 is 269 Å². The molecule has 67 heavy (non-hydrogen) atoms. The third-order valence-electron chi connectivity index (χ3n) is 18.7. The molecule has 0 radical (unpaired) electrons. The first-order valence-electron chi connectivity index (χ1n) is 25.7. The smallest absolute Gasteiger partial charge is 0.217 e. The zero-order valence-electron chi connectivity index (χ0n) is 38.8. The Morgan fingerprint density at radius 2 is 0.940 bits per heavy atom. The molecule has 2 aliphatic heterocycles. The van der Waals surface area contributed by atoms with Crippen LogP contribution in [0.3, 0.4) is 0 Å². The van der Waals surface area contributed by atoms with Crippen LogP contribution in [-0.2, 0) is 16.2 Å². The van der Waals surface area contributed by atoms with Crippen molar-refractivity contribution < 1.29 is 21.2 Å². The molecule has 1 aromatic heterocycles. The topological polar surface area (TPSA) is 41.9 Å². The summed E-state index contributed by atoms with van der Waals surface area (Å²) >= 11 is -0.395. The van der Waals surface area contributed by atoms with Crippen LogP contribution < -0.4 is 26.1 Å². The third-order valence-corrected chi connectivity index (χ3v) is 22.0. The molecule has 10 aliphatic rings. The molecule has 8 bridgehead atoms. The second-order valence-corrected chi connectivity index (χ2v) is 25.7. The normalized spacial score (nSPS) is 29.8. The molecule has 3 heterocycles. The number of nitrogens with zero attached hydrogens (tertiary/aromatic N) is 4. The van der Waals surface area contributed by atoms with Crippen LogP contribution in [0, 0.1) is 56.5 Å². The van der Waals surface area contributed by atoms with Crippen LogP contribution >= 0.6 is 0 Å². The summed E-state index contributed by atoms with van der Waals surface area (Å²) in [7, 11) is 0. The quantitative estimate of drug-likeness (QED) is 0.156. The van der Waals surface area contributed by atoms with Crippen molar-refractivity contribution in [1.82, 2.24) is 15.0 Å². The van der Waals surface area contributed by atoms with Gasteiger partial charge in [0.25, 0.3) is 0 Å². The zero-order valence-corrected chi connectivity index (χ0v) is 41.0. The Morgan fingerprint density at radius 3 is 1.49 bits per heavy atom. The average molecular weight is 986 g/mol. The summed E-state index contributed by atoms with van der Waals surface area (Å²) in [6.45, 7) is 4.66. The van der Waals surface area contributed by atoms with Gasteiger partial charge in [-0.2, -0.15) is 0 Å². The van der Waals surface area contributed by atoms with Crippen LogP contribution in [0.15, 0.2) is 133 Å². The number of para-hydroxylation sites is 2.